The van der Waals surface area contributed by atoms with Crippen LogP contribution < -0.4 is 15.8 Å². The van der Waals surface area contributed by atoms with Gasteiger partial charge in [-0.25, -0.2) is 4.39 Å². The maximum absolute atomic E-state index is 12.9. The van der Waals surface area contributed by atoms with Crippen LogP contribution in [0, 0.1) is 5.82 Å². The Kier molecular flexibility index (Phi) is 6.93. The third-order valence-corrected chi connectivity index (χ3v) is 5.13. The maximum Gasteiger partial charge on any atom is 0.294 e. The maximum atomic E-state index is 12.9. The lowest BCUT2D eigenvalue weighted by molar-refractivity contribution is -0.127. The number of hydrogen-bond donors (Lipinski definition) is 2. The molecule has 3 rings (SSSR count). The number of carbonyl (C=O) groups excluding carboxylic acids is 4. The van der Waals surface area contributed by atoms with Crippen LogP contribution in [0.15, 0.2) is 47.4 Å². The normalized spacial score (nSPS) is 14.8. The van der Waals surface area contributed by atoms with E-state index < -0.39 is 35.3 Å². The fraction of sp³-hybridized carbons (Fsp3) is 0.100. The summed E-state index contributed by atoms with van der Waals surface area (Å²) in [6, 6.07) is 9.65. The molecule has 2 aromatic rings. The highest BCUT2D eigenvalue weighted by Gasteiger charge is 2.36. The summed E-state index contributed by atoms with van der Waals surface area (Å²) in [5.41, 5.74) is 5.86. The van der Waals surface area contributed by atoms with Crippen molar-refractivity contribution in [2.24, 2.45) is 5.73 Å². The van der Waals surface area contributed by atoms with Gasteiger partial charge in [0.05, 0.1) is 9.93 Å². The molecule has 1 saturated heterocycles. The monoisotopic (exact) mass is 463 g/mol. The molecule has 160 valence electrons. The minimum Gasteiger partial charge on any atom is -0.482 e. The Morgan fingerprint density at radius 2 is 1.90 bits per heavy atom. The molecule has 0 spiro atoms. The Balaban J connectivity index is 1.67. The highest BCUT2D eigenvalue weighted by atomic mass is 35.5. The highest BCUT2D eigenvalue weighted by Crippen LogP contribution is 2.33. The summed E-state index contributed by atoms with van der Waals surface area (Å²) in [5, 5.41) is 2.08. The van der Waals surface area contributed by atoms with Crippen LogP contribution in [0.2, 0.25) is 5.02 Å². The number of thioether (sulfide) groups is 1. The first-order valence-electron chi connectivity index (χ1n) is 8.74. The zero-order valence-corrected chi connectivity index (χ0v) is 17.3. The van der Waals surface area contributed by atoms with E-state index in [2.05, 4.69) is 5.32 Å². The largest absolute Gasteiger partial charge is 0.482 e. The standard InChI is InChI=1S/C20H15ClFN3O5S/c21-14-7-11(1-6-15(14)30-10-17(23)26)8-16-19(28)25(20(29)31-16)9-18(27)24-13-4-2-12(22)3-5-13/h1-8H,9-10H2,(H2,23,26)(H,24,27). The molecule has 1 aliphatic rings. The summed E-state index contributed by atoms with van der Waals surface area (Å²) in [6.45, 7) is -0.821. The second-order valence-electron chi connectivity index (χ2n) is 6.27. The highest BCUT2D eigenvalue weighted by molar-refractivity contribution is 8.18. The summed E-state index contributed by atoms with van der Waals surface area (Å²) >= 11 is 6.78. The number of halogens is 2. The van der Waals surface area contributed by atoms with Crippen LogP contribution in [0.3, 0.4) is 0 Å². The predicted molar refractivity (Wildman–Crippen MR) is 114 cm³/mol. The quantitative estimate of drug-likeness (QED) is 0.609. The number of amides is 4. The molecule has 0 atom stereocenters. The number of primary amides is 1. The molecule has 11 heteroatoms. The van der Waals surface area contributed by atoms with E-state index in [4.69, 9.17) is 22.1 Å². The number of nitrogens with one attached hydrogen (secondary N) is 1. The van der Waals surface area contributed by atoms with Crippen molar-refractivity contribution in [1.82, 2.24) is 4.90 Å². The van der Waals surface area contributed by atoms with Crippen LogP contribution in [0.4, 0.5) is 14.9 Å². The van der Waals surface area contributed by atoms with Crippen LogP contribution in [0.25, 0.3) is 6.08 Å². The molecule has 0 radical (unpaired) electrons. The van der Waals surface area contributed by atoms with E-state index in [0.29, 0.717) is 23.0 Å². The van der Waals surface area contributed by atoms with Crippen molar-refractivity contribution in [2.75, 3.05) is 18.5 Å². The summed E-state index contributed by atoms with van der Waals surface area (Å²) in [7, 11) is 0. The SMILES string of the molecule is NC(=O)COc1ccc(C=C2SC(=O)N(CC(=O)Nc3ccc(F)cc3)C2=O)cc1Cl. The number of benzene rings is 2. The average Bonchev–Trinajstić information content (AvgIpc) is 2.96. The number of nitrogens with zero attached hydrogens (tertiary/aromatic N) is 1. The molecule has 1 fully saturated rings. The second-order valence-corrected chi connectivity index (χ2v) is 7.67. The van der Waals surface area contributed by atoms with Crippen molar-refractivity contribution >= 4 is 58.1 Å². The average molecular weight is 464 g/mol. The van der Waals surface area contributed by atoms with Crippen molar-refractivity contribution in [3.8, 4) is 5.75 Å². The molecule has 0 saturated carbocycles. The van der Waals surface area contributed by atoms with Gasteiger partial charge in [0.15, 0.2) is 6.61 Å². The number of nitrogens with two attached hydrogens (primary N) is 1. The first-order valence-corrected chi connectivity index (χ1v) is 9.94. The van der Waals surface area contributed by atoms with Crippen LogP contribution in [-0.4, -0.2) is 41.0 Å². The van der Waals surface area contributed by atoms with E-state index in [9.17, 15) is 23.6 Å². The number of ether oxygens (including phenoxy) is 1. The molecular weight excluding hydrogens is 449 g/mol. The molecule has 1 aliphatic heterocycles. The minimum absolute atomic E-state index is 0.112. The van der Waals surface area contributed by atoms with Crippen LogP contribution in [0.5, 0.6) is 5.75 Å². The molecule has 2 aromatic carbocycles. The van der Waals surface area contributed by atoms with E-state index >= 15 is 0 Å². The summed E-state index contributed by atoms with van der Waals surface area (Å²) in [6.07, 6.45) is 1.45. The zero-order chi connectivity index (χ0) is 22.5. The fourth-order valence-electron chi connectivity index (χ4n) is 2.54. The second kappa shape index (κ2) is 9.63. The summed E-state index contributed by atoms with van der Waals surface area (Å²) in [4.78, 5) is 48.6. The molecule has 0 aliphatic carbocycles. The van der Waals surface area contributed by atoms with Gasteiger partial charge in [-0.2, -0.15) is 0 Å². The molecule has 4 amide bonds. The van der Waals surface area contributed by atoms with E-state index in [0.717, 1.165) is 4.90 Å². The van der Waals surface area contributed by atoms with Crippen molar-refractivity contribution in [3.05, 3.63) is 63.8 Å². The Morgan fingerprint density at radius 1 is 1.19 bits per heavy atom. The summed E-state index contributed by atoms with van der Waals surface area (Å²) in [5.74, 6) is -2.11. The van der Waals surface area contributed by atoms with Gasteiger partial charge in [-0.3, -0.25) is 24.1 Å². The lowest BCUT2D eigenvalue weighted by Crippen LogP contribution is -2.36. The van der Waals surface area contributed by atoms with Gasteiger partial charge in [-0.1, -0.05) is 17.7 Å². The fourth-order valence-corrected chi connectivity index (χ4v) is 3.62. The van der Waals surface area contributed by atoms with Gasteiger partial charge in [0.1, 0.15) is 18.1 Å². The van der Waals surface area contributed by atoms with Crippen molar-refractivity contribution in [1.29, 1.82) is 0 Å². The molecule has 8 nitrogen and oxygen atoms in total. The minimum atomic E-state index is -0.655. The topological polar surface area (TPSA) is 119 Å². The lowest BCUT2D eigenvalue weighted by Gasteiger charge is -2.12. The first-order chi connectivity index (χ1) is 14.7. The van der Waals surface area contributed by atoms with Crippen LogP contribution >= 0.6 is 23.4 Å². The number of hydrogen-bond acceptors (Lipinski definition) is 6. The van der Waals surface area contributed by atoms with E-state index in [1.807, 2.05) is 0 Å². The molecule has 31 heavy (non-hydrogen) atoms. The first kappa shape index (κ1) is 22.3. The molecule has 0 bridgehead atoms. The number of anilines is 1. The van der Waals surface area contributed by atoms with Crippen LogP contribution in [-0.2, 0) is 14.4 Å². The molecule has 0 unspecified atom stereocenters. The lowest BCUT2D eigenvalue weighted by atomic mass is 10.2. The number of carbonyl (C=O) groups is 4. The van der Waals surface area contributed by atoms with Gasteiger partial charge >= 0.3 is 0 Å². The Bertz CT molecular complexity index is 1090. The third kappa shape index (κ3) is 5.83. The van der Waals surface area contributed by atoms with Gasteiger partial charge in [-0.05, 0) is 59.8 Å². The molecule has 3 N–H and O–H groups in total. The molecular formula is C20H15ClFN3O5S. The zero-order valence-electron chi connectivity index (χ0n) is 15.8. The molecule has 0 aromatic heterocycles. The number of rotatable bonds is 7. The van der Waals surface area contributed by atoms with Gasteiger partial charge in [0.25, 0.3) is 17.1 Å². The summed E-state index contributed by atoms with van der Waals surface area (Å²) < 4.78 is 18.1. The van der Waals surface area contributed by atoms with Crippen LogP contribution in [0.1, 0.15) is 5.56 Å². The third-order valence-electron chi connectivity index (χ3n) is 3.93. The van der Waals surface area contributed by atoms with E-state index in [1.165, 1.54) is 42.5 Å². The van der Waals surface area contributed by atoms with Crippen molar-refractivity contribution in [2.45, 2.75) is 0 Å². The number of imide groups is 1. The van der Waals surface area contributed by atoms with E-state index in [-0.39, 0.29) is 22.3 Å². The molecule has 1 heterocycles. The van der Waals surface area contributed by atoms with Gasteiger partial charge in [0, 0.05) is 5.69 Å². The van der Waals surface area contributed by atoms with Crippen molar-refractivity contribution < 1.29 is 28.3 Å². The van der Waals surface area contributed by atoms with Crippen molar-refractivity contribution in [3.63, 3.8) is 0 Å². The van der Waals surface area contributed by atoms with Gasteiger partial charge in [0.2, 0.25) is 5.91 Å². The van der Waals surface area contributed by atoms with E-state index in [1.54, 1.807) is 6.07 Å². The Labute approximate surface area is 185 Å². The predicted octanol–water partition coefficient (Wildman–Crippen LogP) is 3.02. The Hall–Kier alpha value is -3.37. The van der Waals surface area contributed by atoms with Gasteiger partial charge < -0.3 is 15.8 Å². The Morgan fingerprint density at radius 3 is 2.55 bits per heavy atom. The smallest absolute Gasteiger partial charge is 0.294 e. The van der Waals surface area contributed by atoms with Gasteiger partial charge in [-0.15, -0.1) is 0 Å².